The van der Waals surface area contributed by atoms with Crippen LogP contribution in [-0.2, 0) is 19.5 Å². The van der Waals surface area contributed by atoms with E-state index in [0.717, 1.165) is 41.6 Å². The summed E-state index contributed by atoms with van der Waals surface area (Å²) in [4.78, 5) is 21.7. The number of hydrogen-bond donors (Lipinski definition) is 1. The van der Waals surface area contributed by atoms with E-state index >= 15 is 0 Å². The SMILES string of the molecule is Cc1csc2nc(CN[C@H]3CCc4ncnn4C3)cc(=O)n12. The fraction of sp³-hybridized carbons (Fsp3) is 0.429. The van der Waals surface area contributed by atoms with Crippen molar-refractivity contribution in [2.75, 3.05) is 0 Å². The average Bonchev–Trinajstić information content (AvgIpc) is 3.11. The lowest BCUT2D eigenvalue weighted by atomic mass is 10.1. The molecule has 4 rings (SSSR count). The Labute approximate surface area is 130 Å². The molecule has 3 aromatic heterocycles. The maximum absolute atomic E-state index is 12.1. The molecule has 0 unspecified atom stereocenters. The van der Waals surface area contributed by atoms with E-state index in [1.165, 1.54) is 11.3 Å². The summed E-state index contributed by atoms with van der Waals surface area (Å²) in [6, 6.07) is 1.95. The van der Waals surface area contributed by atoms with Crippen molar-refractivity contribution in [3.63, 3.8) is 0 Å². The van der Waals surface area contributed by atoms with Crippen molar-refractivity contribution in [1.82, 2.24) is 29.5 Å². The van der Waals surface area contributed by atoms with Crippen LogP contribution in [0, 0.1) is 6.92 Å². The molecule has 1 aliphatic rings. The minimum atomic E-state index is -0.0113. The smallest absolute Gasteiger partial charge is 0.259 e. The predicted molar refractivity (Wildman–Crippen MR) is 83.0 cm³/mol. The van der Waals surface area contributed by atoms with E-state index in [-0.39, 0.29) is 5.56 Å². The highest BCUT2D eigenvalue weighted by molar-refractivity contribution is 7.15. The van der Waals surface area contributed by atoms with Gasteiger partial charge in [-0.1, -0.05) is 0 Å². The van der Waals surface area contributed by atoms with Gasteiger partial charge in [-0.05, 0) is 13.3 Å². The van der Waals surface area contributed by atoms with Gasteiger partial charge in [0.15, 0.2) is 4.96 Å². The first kappa shape index (κ1) is 13.6. The van der Waals surface area contributed by atoms with Crippen LogP contribution in [0.2, 0.25) is 0 Å². The van der Waals surface area contributed by atoms with Crippen LogP contribution in [0.3, 0.4) is 0 Å². The maximum atomic E-state index is 12.1. The number of rotatable bonds is 3. The third-order valence-electron chi connectivity index (χ3n) is 4.01. The predicted octanol–water partition coefficient (Wildman–Crippen LogP) is 0.761. The van der Waals surface area contributed by atoms with Crippen molar-refractivity contribution in [2.45, 2.75) is 38.9 Å². The minimum Gasteiger partial charge on any atom is -0.307 e. The molecule has 0 aromatic carbocycles. The van der Waals surface area contributed by atoms with E-state index < -0.39 is 0 Å². The van der Waals surface area contributed by atoms with Crippen LogP contribution in [-0.4, -0.2) is 30.2 Å². The van der Waals surface area contributed by atoms with Crippen molar-refractivity contribution in [3.05, 3.63) is 45.3 Å². The number of hydrogen-bond acceptors (Lipinski definition) is 6. The summed E-state index contributed by atoms with van der Waals surface area (Å²) in [5.74, 6) is 1.05. The lowest BCUT2D eigenvalue weighted by Crippen LogP contribution is -2.37. The highest BCUT2D eigenvalue weighted by atomic mass is 32.1. The third kappa shape index (κ3) is 2.34. The van der Waals surface area contributed by atoms with Crippen LogP contribution < -0.4 is 10.9 Å². The van der Waals surface area contributed by atoms with Gasteiger partial charge in [0.1, 0.15) is 12.2 Å². The van der Waals surface area contributed by atoms with Gasteiger partial charge in [-0.2, -0.15) is 5.10 Å². The van der Waals surface area contributed by atoms with Gasteiger partial charge >= 0.3 is 0 Å². The Hall–Kier alpha value is -2.06. The Morgan fingerprint density at radius 3 is 3.32 bits per heavy atom. The highest BCUT2D eigenvalue weighted by Crippen LogP contribution is 2.13. The molecule has 0 spiro atoms. The van der Waals surface area contributed by atoms with Gasteiger partial charge in [0.25, 0.3) is 5.56 Å². The highest BCUT2D eigenvalue weighted by Gasteiger charge is 2.19. The molecule has 0 amide bonds. The summed E-state index contributed by atoms with van der Waals surface area (Å²) >= 11 is 1.50. The summed E-state index contributed by atoms with van der Waals surface area (Å²) < 4.78 is 3.59. The fourth-order valence-corrected chi connectivity index (χ4v) is 3.74. The van der Waals surface area contributed by atoms with Crippen molar-refractivity contribution in [3.8, 4) is 0 Å². The number of fused-ring (bicyclic) bond motifs is 2. The normalized spacial score (nSPS) is 17.8. The Morgan fingerprint density at radius 1 is 1.50 bits per heavy atom. The minimum absolute atomic E-state index is 0.0113. The first-order valence-corrected chi connectivity index (χ1v) is 8.15. The molecule has 8 heteroatoms. The van der Waals surface area contributed by atoms with Crippen LogP contribution in [0.1, 0.15) is 23.6 Å². The number of nitrogens with one attached hydrogen (secondary N) is 1. The number of nitrogens with zero attached hydrogens (tertiary/aromatic N) is 5. The molecule has 0 fully saturated rings. The number of aromatic nitrogens is 5. The summed E-state index contributed by atoms with van der Waals surface area (Å²) in [6.45, 7) is 3.33. The Bertz CT molecular complexity index is 879. The van der Waals surface area contributed by atoms with E-state index in [1.807, 2.05) is 17.0 Å². The van der Waals surface area contributed by atoms with Gasteiger partial charge in [-0.3, -0.25) is 9.20 Å². The van der Waals surface area contributed by atoms with Crippen molar-refractivity contribution >= 4 is 16.3 Å². The van der Waals surface area contributed by atoms with Gasteiger partial charge in [0.2, 0.25) is 0 Å². The first-order valence-electron chi connectivity index (χ1n) is 7.27. The van der Waals surface area contributed by atoms with E-state index in [4.69, 9.17) is 0 Å². The second-order valence-corrected chi connectivity index (χ2v) is 6.39. The van der Waals surface area contributed by atoms with E-state index in [9.17, 15) is 4.79 Å². The van der Waals surface area contributed by atoms with Crippen LogP contribution in [0.5, 0.6) is 0 Å². The molecule has 1 atom stereocenters. The molecule has 4 heterocycles. The maximum Gasteiger partial charge on any atom is 0.259 e. The lowest BCUT2D eigenvalue weighted by Gasteiger charge is -2.23. The molecular weight excluding hydrogens is 300 g/mol. The van der Waals surface area contributed by atoms with Crippen LogP contribution >= 0.6 is 11.3 Å². The number of aryl methyl sites for hydroxylation is 2. The standard InChI is InChI=1S/C14H16N6OS/c1-9-7-22-14-18-11(4-13(21)20(9)14)5-15-10-2-3-12-16-8-17-19(12)6-10/h4,7-8,10,15H,2-3,5-6H2,1H3/t10-/m0/s1. The van der Waals surface area contributed by atoms with Gasteiger partial charge in [-0.25, -0.2) is 14.6 Å². The topological polar surface area (TPSA) is 77.1 Å². The van der Waals surface area contributed by atoms with Gasteiger partial charge < -0.3 is 5.32 Å². The van der Waals surface area contributed by atoms with Crippen molar-refractivity contribution in [1.29, 1.82) is 0 Å². The lowest BCUT2D eigenvalue weighted by molar-refractivity contribution is 0.357. The Balaban J connectivity index is 1.49. The van der Waals surface area contributed by atoms with Crippen LogP contribution in [0.15, 0.2) is 22.6 Å². The molecule has 0 radical (unpaired) electrons. The monoisotopic (exact) mass is 316 g/mol. The third-order valence-corrected chi connectivity index (χ3v) is 4.95. The Kier molecular flexibility index (Phi) is 3.27. The van der Waals surface area contributed by atoms with E-state index in [1.54, 1.807) is 16.8 Å². The molecule has 0 saturated carbocycles. The van der Waals surface area contributed by atoms with E-state index in [0.29, 0.717) is 12.6 Å². The number of thiazole rings is 1. The second-order valence-electron chi connectivity index (χ2n) is 5.56. The summed E-state index contributed by atoms with van der Waals surface area (Å²) in [5.41, 5.74) is 1.71. The fourth-order valence-electron chi connectivity index (χ4n) is 2.84. The zero-order chi connectivity index (χ0) is 15.1. The molecule has 1 aliphatic heterocycles. The van der Waals surface area contributed by atoms with Crippen LogP contribution in [0.25, 0.3) is 4.96 Å². The molecular formula is C14H16N6OS. The zero-order valence-corrected chi connectivity index (χ0v) is 13.0. The van der Waals surface area contributed by atoms with Crippen molar-refractivity contribution in [2.24, 2.45) is 0 Å². The molecule has 0 aliphatic carbocycles. The Morgan fingerprint density at radius 2 is 2.41 bits per heavy atom. The molecule has 3 aromatic rings. The van der Waals surface area contributed by atoms with E-state index in [2.05, 4.69) is 20.4 Å². The second kappa shape index (κ2) is 5.29. The molecule has 0 saturated heterocycles. The van der Waals surface area contributed by atoms with Crippen molar-refractivity contribution < 1.29 is 0 Å². The molecule has 1 N–H and O–H groups in total. The van der Waals surface area contributed by atoms with Crippen LogP contribution in [0.4, 0.5) is 0 Å². The van der Waals surface area contributed by atoms with Gasteiger partial charge in [-0.15, -0.1) is 11.3 Å². The molecule has 7 nitrogen and oxygen atoms in total. The average molecular weight is 316 g/mol. The quantitative estimate of drug-likeness (QED) is 0.772. The summed E-state index contributed by atoms with van der Waals surface area (Å²) in [5, 5.41) is 9.64. The molecule has 0 bridgehead atoms. The largest absolute Gasteiger partial charge is 0.307 e. The first-order chi connectivity index (χ1) is 10.7. The molecule has 114 valence electrons. The zero-order valence-electron chi connectivity index (χ0n) is 12.2. The summed E-state index contributed by atoms with van der Waals surface area (Å²) in [6.07, 6.45) is 3.56. The molecule has 22 heavy (non-hydrogen) atoms. The van der Waals surface area contributed by atoms with Gasteiger partial charge in [0.05, 0.1) is 12.2 Å². The van der Waals surface area contributed by atoms with Gasteiger partial charge in [0, 0.05) is 36.1 Å². The summed E-state index contributed by atoms with van der Waals surface area (Å²) in [7, 11) is 0.